The Balaban J connectivity index is 2.86. The van der Waals surface area contributed by atoms with E-state index in [0.717, 1.165) is 18.2 Å². The molecule has 0 aliphatic rings. The average molecular weight is 241 g/mol. The highest BCUT2D eigenvalue weighted by molar-refractivity contribution is 5.97. The molecular weight excluding hydrogens is 224 g/mol. The van der Waals surface area contributed by atoms with Gasteiger partial charge in [0.1, 0.15) is 11.6 Å². The van der Waals surface area contributed by atoms with Crippen molar-refractivity contribution in [1.82, 2.24) is 4.90 Å². The van der Waals surface area contributed by atoms with E-state index in [-0.39, 0.29) is 18.2 Å². The molecule has 0 fully saturated rings. The largest absolute Gasteiger partial charge is 0.294 e. The van der Waals surface area contributed by atoms with E-state index in [1.807, 2.05) is 25.7 Å². The molecule has 2 nitrogen and oxygen atoms in total. The summed E-state index contributed by atoms with van der Waals surface area (Å²) in [7, 11) is 0. The molecular formula is C13H17F2NO. The van der Waals surface area contributed by atoms with E-state index in [9.17, 15) is 13.6 Å². The van der Waals surface area contributed by atoms with Crippen molar-refractivity contribution in [3.63, 3.8) is 0 Å². The Labute approximate surface area is 100 Å². The molecule has 0 bridgehead atoms. The van der Waals surface area contributed by atoms with Gasteiger partial charge in [0.25, 0.3) is 0 Å². The first-order valence-electron chi connectivity index (χ1n) is 5.68. The van der Waals surface area contributed by atoms with Crippen LogP contribution in [0.3, 0.4) is 0 Å². The summed E-state index contributed by atoms with van der Waals surface area (Å²) in [5.41, 5.74) is -0.177. The number of ketones is 1. The predicted molar refractivity (Wildman–Crippen MR) is 63.1 cm³/mol. The monoisotopic (exact) mass is 241 g/mol. The van der Waals surface area contributed by atoms with E-state index in [0.29, 0.717) is 6.54 Å². The van der Waals surface area contributed by atoms with Crippen molar-refractivity contribution in [2.45, 2.75) is 26.8 Å². The number of nitrogens with zero attached hydrogens (tertiary/aromatic N) is 1. The molecule has 94 valence electrons. The summed E-state index contributed by atoms with van der Waals surface area (Å²) in [6.07, 6.45) is 0. The van der Waals surface area contributed by atoms with Crippen LogP contribution in [0.1, 0.15) is 31.1 Å². The van der Waals surface area contributed by atoms with E-state index in [1.165, 1.54) is 0 Å². The minimum absolute atomic E-state index is 0.106. The Morgan fingerprint density at radius 2 is 2.00 bits per heavy atom. The first-order chi connectivity index (χ1) is 7.95. The quantitative estimate of drug-likeness (QED) is 0.739. The van der Waals surface area contributed by atoms with Crippen LogP contribution in [0, 0.1) is 11.6 Å². The number of halogens is 2. The lowest BCUT2D eigenvalue weighted by Crippen LogP contribution is -2.35. The van der Waals surface area contributed by atoms with Crippen molar-refractivity contribution < 1.29 is 13.6 Å². The van der Waals surface area contributed by atoms with Crippen molar-refractivity contribution >= 4 is 5.78 Å². The van der Waals surface area contributed by atoms with Crippen LogP contribution in [-0.2, 0) is 0 Å². The first kappa shape index (κ1) is 13.8. The molecule has 0 spiro atoms. The van der Waals surface area contributed by atoms with E-state index in [2.05, 4.69) is 0 Å². The van der Waals surface area contributed by atoms with Gasteiger partial charge in [0.15, 0.2) is 5.78 Å². The van der Waals surface area contributed by atoms with Crippen LogP contribution in [0.4, 0.5) is 8.78 Å². The van der Waals surface area contributed by atoms with Crippen LogP contribution in [0.5, 0.6) is 0 Å². The van der Waals surface area contributed by atoms with Crippen LogP contribution in [-0.4, -0.2) is 29.8 Å². The highest BCUT2D eigenvalue weighted by Crippen LogP contribution is 2.11. The van der Waals surface area contributed by atoms with Crippen molar-refractivity contribution in [3.8, 4) is 0 Å². The fourth-order valence-corrected chi connectivity index (χ4v) is 1.64. The maximum atomic E-state index is 13.4. The molecule has 0 unspecified atom stereocenters. The van der Waals surface area contributed by atoms with Crippen LogP contribution in [0.15, 0.2) is 18.2 Å². The average Bonchev–Trinajstić information content (AvgIpc) is 2.28. The van der Waals surface area contributed by atoms with Gasteiger partial charge < -0.3 is 0 Å². The smallest absolute Gasteiger partial charge is 0.179 e. The third kappa shape index (κ3) is 3.60. The van der Waals surface area contributed by atoms with Gasteiger partial charge >= 0.3 is 0 Å². The van der Waals surface area contributed by atoms with Gasteiger partial charge in [-0.05, 0) is 38.6 Å². The fourth-order valence-electron chi connectivity index (χ4n) is 1.64. The number of likely N-dealkylation sites (N-methyl/N-ethyl adjacent to an activating group) is 1. The molecule has 0 radical (unpaired) electrons. The van der Waals surface area contributed by atoms with Crippen LogP contribution < -0.4 is 0 Å². The highest BCUT2D eigenvalue weighted by Gasteiger charge is 2.17. The van der Waals surface area contributed by atoms with Crippen LogP contribution in [0.25, 0.3) is 0 Å². The highest BCUT2D eigenvalue weighted by atomic mass is 19.1. The minimum Gasteiger partial charge on any atom is -0.294 e. The SMILES string of the molecule is CCN(CC(=O)c1cc(F)ccc1F)C(C)C. The van der Waals surface area contributed by atoms with E-state index < -0.39 is 17.4 Å². The van der Waals surface area contributed by atoms with E-state index in [1.54, 1.807) is 0 Å². The van der Waals surface area contributed by atoms with E-state index in [4.69, 9.17) is 0 Å². The lowest BCUT2D eigenvalue weighted by Gasteiger charge is -2.23. The zero-order valence-corrected chi connectivity index (χ0v) is 10.3. The molecule has 1 aromatic rings. The van der Waals surface area contributed by atoms with Crippen molar-refractivity contribution in [2.75, 3.05) is 13.1 Å². The van der Waals surface area contributed by atoms with Gasteiger partial charge in [-0.25, -0.2) is 8.78 Å². The number of rotatable bonds is 5. The number of hydrogen-bond donors (Lipinski definition) is 0. The number of carbonyl (C=O) groups is 1. The number of benzene rings is 1. The number of hydrogen-bond acceptors (Lipinski definition) is 2. The first-order valence-corrected chi connectivity index (χ1v) is 5.68. The Bertz CT molecular complexity index is 404. The molecule has 0 heterocycles. The van der Waals surface area contributed by atoms with E-state index >= 15 is 0 Å². The topological polar surface area (TPSA) is 20.3 Å². The summed E-state index contributed by atoms with van der Waals surface area (Å²) >= 11 is 0. The zero-order chi connectivity index (χ0) is 13.0. The molecule has 0 aliphatic carbocycles. The molecule has 0 atom stereocenters. The van der Waals surface area contributed by atoms with Gasteiger partial charge in [0.2, 0.25) is 0 Å². The minimum atomic E-state index is -0.670. The summed E-state index contributed by atoms with van der Waals surface area (Å²) in [4.78, 5) is 13.7. The standard InChI is InChI=1S/C13H17F2NO/c1-4-16(9(2)3)8-13(17)11-7-10(14)5-6-12(11)15/h5-7,9H,4,8H2,1-3H3. The van der Waals surface area contributed by atoms with Crippen LogP contribution in [0.2, 0.25) is 0 Å². The van der Waals surface area contributed by atoms with Crippen molar-refractivity contribution in [3.05, 3.63) is 35.4 Å². The second kappa shape index (κ2) is 5.87. The summed E-state index contributed by atoms with van der Waals surface area (Å²) in [5.74, 6) is -1.66. The van der Waals surface area contributed by atoms with Gasteiger partial charge in [-0.2, -0.15) is 0 Å². The summed E-state index contributed by atoms with van der Waals surface area (Å²) in [6, 6.07) is 3.13. The second-order valence-corrected chi connectivity index (χ2v) is 4.20. The molecule has 4 heteroatoms. The molecule has 0 aliphatic heterocycles. The number of Topliss-reactive ketones (excluding diaryl/α,β-unsaturated/α-hetero) is 1. The van der Waals surface area contributed by atoms with Gasteiger partial charge in [0, 0.05) is 6.04 Å². The molecule has 1 rings (SSSR count). The second-order valence-electron chi connectivity index (χ2n) is 4.20. The Hall–Kier alpha value is -1.29. The molecule has 0 aromatic heterocycles. The van der Waals surface area contributed by atoms with Crippen molar-refractivity contribution in [1.29, 1.82) is 0 Å². The summed E-state index contributed by atoms with van der Waals surface area (Å²) < 4.78 is 26.3. The third-order valence-corrected chi connectivity index (χ3v) is 2.71. The predicted octanol–water partition coefficient (Wildman–Crippen LogP) is 2.88. The summed E-state index contributed by atoms with van der Waals surface area (Å²) in [5, 5.41) is 0. The fraction of sp³-hybridized carbons (Fsp3) is 0.462. The third-order valence-electron chi connectivity index (χ3n) is 2.71. The maximum Gasteiger partial charge on any atom is 0.179 e. The van der Waals surface area contributed by atoms with Gasteiger partial charge in [-0.3, -0.25) is 9.69 Å². The Morgan fingerprint density at radius 1 is 1.35 bits per heavy atom. The van der Waals surface area contributed by atoms with Crippen LogP contribution >= 0.6 is 0 Å². The molecule has 1 aromatic carbocycles. The van der Waals surface area contributed by atoms with Crippen molar-refractivity contribution in [2.24, 2.45) is 0 Å². The van der Waals surface area contributed by atoms with Gasteiger partial charge in [-0.1, -0.05) is 6.92 Å². The molecule has 0 saturated heterocycles. The molecule has 17 heavy (non-hydrogen) atoms. The van der Waals surface area contributed by atoms with Gasteiger partial charge in [-0.15, -0.1) is 0 Å². The maximum absolute atomic E-state index is 13.4. The zero-order valence-electron chi connectivity index (χ0n) is 10.3. The normalized spacial score (nSPS) is 11.2. The molecule has 0 N–H and O–H groups in total. The lowest BCUT2D eigenvalue weighted by atomic mass is 10.1. The lowest BCUT2D eigenvalue weighted by molar-refractivity contribution is 0.0907. The molecule has 0 saturated carbocycles. The number of carbonyl (C=O) groups excluding carboxylic acids is 1. The Kier molecular flexibility index (Phi) is 4.75. The molecule has 0 amide bonds. The Morgan fingerprint density at radius 3 is 2.53 bits per heavy atom. The summed E-state index contributed by atoms with van der Waals surface area (Å²) in [6.45, 7) is 6.64. The van der Waals surface area contributed by atoms with Gasteiger partial charge in [0.05, 0.1) is 12.1 Å².